The van der Waals surface area contributed by atoms with E-state index < -0.39 is 54.4 Å². The van der Waals surface area contributed by atoms with Crippen molar-refractivity contribution >= 4 is 43.4 Å². The largest absolute Gasteiger partial charge is 0.292 e. The van der Waals surface area contributed by atoms with Crippen LogP contribution in [0.15, 0.2) is 170 Å². The molecule has 210 valence electrons. The van der Waals surface area contributed by atoms with Gasteiger partial charge in [0.2, 0.25) is 0 Å². The molecular weight excluding hydrogens is 544 g/mol. The molecule has 2 heteroatoms. The molecule has 0 atom stereocenters. The maximum absolute atomic E-state index is 9.26. The Bertz CT molecular complexity index is 3130. The Balaban J connectivity index is 1.44. The quantitative estimate of drug-likeness (QED) is 0.188. The minimum atomic E-state index is -0.527. The SMILES string of the molecule is [2H]c1c([2H])c([2H])c(-n2c(-c3ccccc3-c3c4ccccc4c(-c4c([2H])c([2H])c([2H])c5c([2H])c([2H])c([2H])c([2H])c45)c4ccccc34)nc3ccccc32)c([2H])c1[2H]. The zero-order chi connectivity index (χ0) is 40.2. The second kappa shape index (κ2) is 10.3. The van der Waals surface area contributed by atoms with Gasteiger partial charge in [-0.15, -0.1) is 0 Å². The van der Waals surface area contributed by atoms with Crippen LogP contribution >= 0.6 is 0 Å². The van der Waals surface area contributed by atoms with Gasteiger partial charge in [0.25, 0.3) is 0 Å². The van der Waals surface area contributed by atoms with Gasteiger partial charge >= 0.3 is 0 Å². The molecule has 8 aromatic carbocycles. The summed E-state index contributed by atoms with van der Waals surface area (Å²) in [4.78, 5) is 5.02. The fourth-order valence-corrected chi connectivity index (χ4v) is 6.37. The van der Waals surface area contributed by atoms with Gasteiger partial charge in [-0.3, -0.25) is 4.57 Å². The van der Waals surface area contributed by atoms with Crippen LogP contribution in [0.4, 0.5) is 0 Å². The number of benzene rings is 8. The van der Waals surface area contributed by atoms with Crippen LogP contribution in [0.25, 0.3) is 82.7 Å². The molecule has 0 aliphatic rings. The van der Waals surface area contributed by atoms with Crippen LogP contribution in [0, 0.1) is 0 Å². The van der Waals surface area contributed by atoms with Crippen LogP contribution in [0.5, 0.6) is 0 Å². The molecule has 9 aromatic rings. The highest BCUT2D eigenvalue weighted by Gasteiger charge is 2.22. The molecule has 0 saturated heterocycles. The van der Waals surface area contributed by atoms with Crippen LogP contribution in [-0.2, 0) is 0 Å². The van der Waals surface area contributed by atoms with Gasteiger partial charge < -0.3 is 0 Å². The standard InChI is InChI=1S/C43H28N2/c1-2-17-30(18-3-1)45-40-28-13-12-27-39(40)44-43(45)38-25-11-10-24-37(38)42-35-22-8-6-20-33(35)41(34-21-7-9-23-36(34)42)32-26-14-16-29-15-4-5-19-31(29)32/h1-28H/i1D,2D,3D,4D,5D,14D,15D,16D,17D,18D,19D,26D. The molecule has 45 heavy (non-hydrogen) atoms. The summed E-state index contributed by atoms with van der Waals surface area (Å²) in [5.41, 5.74) is 3.67. The summed E-state index contributed by atoms with van der Waals surface area (Å²) in [6.45, 7) is 0. The van der Waals surface area contributed by atoms with E-state index in [1.54, 1.807) is 22.8 Å². The molecule has 0 radical (unpaired) electrons. The number of hydrogen-bond donors (Lipinski definition) is 0. The Hall–Kier alpha value is -5.99. The number of hydrogen-bond acceptors (Lipinski definition) is 1. The molecule has 0 spiro atoms. The van der Waals surface area contributed by atoms with E-state index in [9.17, 15) is 1.37 Å². The summed E-state index contributed by atoms with van der Waals surface area (Å²) in [6, 6.07) is 24.3. The second-order valence-electron chi connectivity index (χ2n) is 10.6. The molecule has 0 fully saturated rings. The maximum Gasteiger partial charge on any atom is 0.146 e. The number of nitrogens with zero attached hydrogens (tertiary/aromatic N) is 2. The molecule has 0 bridgehead atoms. The average Bonchev–Trinajstić information content (AvgIpc) is 3.61. The summed E-state index contributed by atoms with van der Waals surface area (Å²) >= 11 is 0. The van der Waals surface area contributed by atoms with E-state index in [1.807, 2.05) is 78.9 Å². The van der Waals surface area contributed by atoms with Crippen molar-refractivity contribution in [2.24, 2.45) is 0 Å². The number of fused-ring (bicyclic) bond motifs is 4. The summed E-state index contributed by atoms with van der Waals surface area (Å²) in [5, 5.41) is 2.52. The Labute approximate surface area is 278 Å². The van der Waals surface area contributed by atoms with E-state index >= 15 is 0 Å². The summed E-state index contributed by atoms with van der Waals surface area (Å²) < 4.78 is 106. The smallest absolute Gasteiger partial charge is 0.146 e. The van der Waals surface area contributed by atoms with Gasteiger partial charge in [-0.05, 0) is 78.8 Å². The van der Waals surface area contributed by atoms with Crippen LogP contribution in [0.3, 0.4) is 0 Å². The van der Waals surface area contributed by atoms with Crippen LogP contribution in [0.2, 0.25) is 0 Å². The molecular formula is C43H28N2. The zero-order valence-electron chi connectivity index (χ0n) is 35.6. The molecule has 0 N–H and O–H groups in total. The summed E-state index contributed by atoms with van der Waals surface area (Å²) in [6.07, 6.45) is 0. The molecule has 0 aliphatic carbocycles. The number of para-hydroxylation sites is 3. The molecule has 0 unspecified atom stereocenters. The van der Waals surface area contributed by atoms with Crippen molar-refractivity contribution in [1.29, 1.82) is 0 Å². The van der Waals surface area contributed by atoms with E-state index in [-0.39, 0.29) is 40.2 Å². The van der Waals surface area contributed by atoms with Gasteiger partial charge in [0.05, 0.1) is 27.5 Å². The molecule has 0 aliphatic heterocycles. The highest BCUT2D eigenvalue weighted by atomic mass is 15.1. The molecule has 2 nitrogen and oxygen atoms in total. The third kappa shape index (κ3) is 4.00. The van der Waals surface area contributed by atoms with Gasteiger partial charge in [-0.25, -0.2) is 4.98 Å². The molecule has 1 aromatic heterocycles. The monoisotopic (exact) mass is 584 g/mol. The average molecular weight is 585 g/mol. The third-order valence-electron chi connectivity index (χ3n) is 8.20. The third-order valence-corrected chi connectivity index (χ3v) is 8.20. The lowest BCUT2D eigenvalue weighted by atomic mass is 9.83. The van der Waals surface area contributed by atoms with Crippen LogP contribution in [0.1, 0.15) is 16.4 Å². The Morgan fingerprint density at radius 1 is 0.444 bits per heavy atom. The normalized spacial score (nSPS) is 15.3. The first-order valence-electron chi connectivity index (χ1n) is 20.4. The van der Waals surface area contributed by atoms with E-state index in [4.69, 9.17) is 20.1 Å². The van der Waals surface area contributed by atoms with E-state index in [2.05, 4.69) is 0 Å². The van der Waals surface area contributed by atoms with Gasteiger partial charge in [0.1, 0.15) is 5.82 Å². The van der Waals surface area contributed by atoms with Crippen molar-refractivity contribution in [2.45, 2.75) is 0 Å². The fraction of sp³-hybridized carbons (Fsp3) is 0. The van der Waals surface area contributed by atoms with Crippen molar-refractivity contribution in [3.05, 3.63) is 170 Å². The van der Waals surface area contributed by atoms with Crippen molar-refractivity contribution in [2.75, 3.05) is 0 Å². The topological polar surface area (TPSA) is 17.8 Å². The van der Waals surface area contributed by atoms with Crippen molar-refractivity contribution in [1.82, 2.24) is 9.55 Å². The Kier molecular flexibility index (Phi) is 3.71. The van der Waals surface area contributed by atoms with E-state index in [0.717, 1.165) is 5.56 Å². The first-order chi connectivity index (χ1) is 27.3. The second-order valence-corrected chi connectivity index (χ2v) is 10.6. The van der Waals surface area contributed by atoms with E-state index in [0.29, 0.717) is 55.1 Å². The van der Waals surface area contributed by atoms with Crippen LogP contribution in [-0.4, -0.2) is 9.55 Å². The fourth-order valence-electron chi connectivity index (χ4n) is 6.37. The molecule has 9 rings (SSSR count). The highest BCUT2D eigenvalue weighted by molar-refractivity contribution is 6.24. The van der Waals surface area contributed by atoms with Gasteiger partial charge in [0.15, 0.2) is 0 Å². The van der Waals surface area contributed by atoms with Gasteiger partial charge in [-0.1, -0.05) is 145 Å². The summed E-state index contributed by atoms with van der Waals surface area (Å²) in [7, 11) is 0. The van der Waals surface area contributed by atoms with Crippen LogP contribution < -0.4 is 0 Å². The first-order valence-corrected chi connectivity index (χ1v) is 14.4. The van der Waals surface area contributed by atoms with Gasteiger partial charge in [0, 0.05) is 11.3 Å². The lowest BCUT2D eigenvalue weighted by Gasteiger charge is -2.20. The number of imidazole rings is 1. The Morgan fingerprint density at radius 3 is 1.73 bits per heavy atom. The molecule has 0 amide bonds. The predicted molar refractivity (Wildman–Crippen MR) is 190 cm³/mol. The first kappa shape index (κ1) is 16.2. The predicted octanol–water partition coefficient (Wildman–Crippen LogP) is 11.5. The molecule has 1 heterocycles. The zero-order valence-corrected chi connectivity index (χ0v) is 23.6. The minimum Gasteiger partial charge on any atom is -0.292 e. The summed E-state index contributed by atoms with van der Waals surface area (Å²) in [5.74, 6) is 0.336. The van der Waals surface area contributed by atoms with Crippen molar-refractivity contribution in [3.63, 3.8) is 0 Å². The van der Waals surface area contributed by atoms with Gasteiger partial charge in [-0.2, -0.15) is 0 Å². The number of aromatic nitrogens is 2. The van der Waals surface area contributed by atoms with Crippen molar-refractivity contribution in [3.8, 4) is 39.3 Å². The lowest BCUT2D eigenvalue weighted by Crippen LogP contribution is -1.99. The Morgan fingerprint density at radius 2 is 1.00 bits per heavy atom. The minimum absolute atomic E-state index is 0.0113. The van der Waals surface area contributed by atoms with E-state index in [1.165, 1.54) is 0 Å². The highest BCUT2D eigenvalue weighted by Crippen LogP contribution is 2.47. The number of rotatable bonds is 4. The van der Waals surface area contributed by atoms with Crippen molar-refractivity contribution < 1.29 is 16.4 Å². The molecule has 0 saturated carbocycles. The maximum atomic E-state index is 9.26. The lowest BCUT2D eigenvalue weighted by molar-refractivity contribution is 1.10.